The predicted molar refractivity (Wildman–Crippen MR) is 235 cm³/mol. The molecule has 0 saturated heterocycles. The van der Waals surface area contributed by atoms with Gasteiger partial charge in [-0.1, -0.05) is 207 Å². The van der Waals surface area contributed by atoms with Crippen LogP contribution in [0.2, 0.25) is 0 Å². The van der Waals surface area contributed by atoms with E-state index < -0.39 is 0 Å². The molecule has 1 aliphatic rings. The van der Waals surface area contributed by atoms with Crippen LogP contribution in [0.5, 0.6) is 0 Å². The zero-order valence-corrected chi connectivity index (χ0v) is 31.1. The molecule has 1 aliphatic carbocycles. The summed E-state index contributed by atoms with van der Waals surface area (Å²) in [6.45, 7) is 8.91. The number of hydrogen-bond donors (Lipinski definition) is 0. The Kier molecular flexibility index (Phi) is 9.84. The predicted octanol–water partition coefficient (Wildman–Crippen LogP) is 11.5. The molecular weight excluding hydrogens is 649 g/mol. The first kappa shape index (κ1) is 34.7. The van der Waals surface area contributed by atoms with E-state index in [0.717, 1.165) is 23.5 Å². The van der Waals surface area contributed by atoms with Crippen LogP contribution in [0.3, 0.4) is 0 Å². The van der Waals surface area contributed by atoms with Gasteiger partial charge in [0.05, 0.1) is 0 Å². The van der Waals surface area contributed by atoms with Gasteiger partial charge in [0.2, 0.25) is 6.71 Å². The van der Waals surface area contributed by atoms with Crippen molar-refractivity contribution in [2.45, 2.75) is 25.7 Å². The van der Waals surface area contributed by atoms with E-state index in [2.05, 4.69) is 226 Å². The fourth-order valence-electron chi connectivity index (χ4n) is 8.06. The average molecular weight is 694 g/mol. The van der Waals surface area contributed by atoms with Gasteiger partial charge in [0, 0.05) is 22.5 Å². The van der Waals surface area contributed by atoms with Gasteiger partial charge in [-0.3, -0.25) is 0 Å². The van der Waals surface area contributed by atoms with Gasteiger partial charge in [0.25, 0.3) is 0 Å². The molecule has 0 unspecified atom stereocenters. The van der Waals surface area contributed by atoms with Gasteiger partial charge in [-0.05, 0) is 81.4 Å². The molecule has 260 valence electrons. The third-order valence-corrected chi connectivity index (χ3v) is 10.7. The molecule has 1 nitrogen and oxygen atoms in total. The first-order chi connectivity index (χ1) is 26.5. The molecule has 8 rings (SSSR count). The smallest absolute Gasteiger partial charge is 0.241 e. The van der Waals surface area contributed by atoms with Crippen LogP contribution in [0.1, 0.15) is 37.0 Å². The number of nitrogens with zero attached hydrogens (tertiary/aromatic N) is 1. The zero-order valence-electron chi connectivity index (χ0n) is 31.1. The normalized spacial score (nSPS) is 13.3. The molecule has 0 amide bonds. The second-order valence-electron chi connectivity index (χ2n) is 14.6. The Morgan fingerprint density at radius 2 is 1.15 bits per heavy atom. The summed E-state index contributed by atoms with van der Waals surface area (Å²) >= 11 is 0. The number of hydrogen-bond acceptors (Lipinski definition) is 1. The molecule has 2 heteroatoms. The van der Waals surface area contributed by atoms with Crippen LogP contribution >= 0.6 is 0 Å². The molecule has 0 heterocycles. The number of fused-ring (bicyclic) bond motifs is 4. The molecule has 0 N–H and O–H groups in total. The van der Waals surface area contributed by atoms with Crippen molar-refractivity contribution in [3.8, 4) is 11.1 Å². The van der Waals surface area contributed by atoms with Crippen molar-refractivity contribution >= 4 is 51.3 Å². The fraction of sp³-hybridized carbons (Fsp3) is 0.0769. The monoisotopic (exact) mass is 693 g/mol. The summed E-state index contributed by atoms with van der Waals surface area (Å²) in [6, 6.07) is 61.6. The third kappa shape index (κ3) is 6.92. The molecule has 0 aliphatic heterocycles. The van der Waals surface area contributed by atoms with Crippen LogP contribution in [0.25, 0.3) is 28.0 Å². The number of anilines is 2. The summed E-state index contributed by atoms with van der Waals surface area (Å²) < 4.78 is 0. The highest BCUT2D eigenvalue weighted by molar-refractivity contribution is 6.95. The number of rotatable bonds is 11. The van der Waals surface area contributed by atoms with Crippen molar-refractivity contribution < 1.29 is 0 Å². The Bertz CT molecular complexity index is 2470. The maximum absolute atomic E-state index is 4.01. The summed E-state index contributed by atoms with van der Waals surface area (Å²) in [5.41, 5.74) is 13.8. The molecule has 0 aromatic heterocycles. The molecule has 7 aromatic rings. The van der Waals surface area contributed by atoms with Gasteiger partial charge in [0.1, 0.15) is 0 Å². The van der Waals surface area contributed by atoms with Crippen molar-refractivity contribution in [2.24, 2.45) is 0 Å². The first-order valence-electron chi connectivity index (χ1n) is 18.9. The van der Waals surface area contributed by atoms with Crippen LogP contribution < -0.4 is 21.3 Å². The Morgan fingerprint density at radius 1 is 0.574 bits per heavy atom. The van der Waals surface area contributed by atoms with Crippen molar-refractivity contribution in [1.29, 1.82) is 0 Å². The van der Waals surface area contributed by atoms with Crippen molar-refractivity contribution in [3.05, 3.63) is 229 Å². The zero-order chi connectivity index (χ0) is 36.9. The SMILES string of the molecule is C=C/C=C(\C=C/C/C=C/c1ccc2c(c1)C(C)(C)c1cc(B(c3ccccc3)c3ccc4ccccc4c3)ccc1-2)N(c1ccccc1)c1ccccc1. The molecule has 0 fully saturated rings. The van der Waals surface area contributed by atoms with E-state index in [1.54, 1.807) is 0 Å². The minimum Gasteiger partial charge on any atom is -0.311 e. The summed E-state index contributed by atoms with van der Waals surface area (Å²) in [5.74, 6) is 0. The largest absolute Gasteiger partial charge is 0.311 e. The van der Waals surface area contributed by atoms with Gasteiger partial charge in [-0.2, -0.15) is 0 Å². The number of allylic oxidation sites excluding steroid dienone is 5. The number of para-hydroxylation sites is 2. The highest BCUT2D eigenvalue weighted by Gasteiger charge is 2.36. The molecule has 0 spiro atoms. The van der Waals surface area contributed by atoms with E-state index in [-0.39, 0.29) is 12.1 Å². The van der Waals surface area contributed by atoms with E-state index in [9.17, 15) is 0 Å². The topological polar surface area (TPSA) is 3.24 Å². The van der Waals surface area contributed by atoms with Crippen molar-refractivity contribution in [3.63, 3.8) is 0 Å². The average Bonchev–Trinajstić information content (AvgIpc) is 3.44. The van der Waals surface area contributed by atoms with Crippen molar-refractivity contribution in [2.75, 3.05) is 4.90 Å². The van der Waals surface area contributed by atoms with Gasteiger partial charge in [-0.15, -0.1) is 0 Å². The first-order valence-corrected chi connectivity index (χ1v) is 18.9. The molecule has 0 radical (unpaired) electrons. The third-order valence-electron chi connectivity index (χ3n) is 10.7. The lowest BCUT2D eigenvalue weighted by atomic mass is 9.36. The molecular formula is C52H44BN. The van der Waals surface area contributed by atoms with Crippen LogP contribution in [-0.4, -0.2) is 6.71 Å². The van der Waals surface area contributed by atoms with Crippen LogP contribution in [0, 0.1) is 0 Å². The van der Waals surface area contributed by atoms with Gasteiger partial charge in [0.15, 0.2) is 0 Å². The highest BCUT2D eigenvalue weighted by Crippen LogP contribution is 2.48. The Morgan fingerprint density at radius 3 is 1.83 bits per heavy atom. The molecule has 0 saturated carbocycles. The van der Waals surface area contributed by atoms with Crippen LogP contribution in [-0.2, 0) is 5.41 Å². The molecule has 0 bridgehead atoms. The summed E-state index contributed by atoms with van der Waals surface area (Å²) in [7, 11) is 0. The summed E-state index contributed by atoms with van der Waals surface area (Å²) in [4.78, 5) is 2.26. The van der Waals surface area contributed by atoms with E-state index in [0.29, 0.717) is 0 Å². The molecule has 7 aromatic carbocycles. The standard InChI is InChI=1S/C52H44BN/c1-4-19-45(54(46-26-13-7-14-27-46)47-28-15-8-16-29-47)25-12-5-9-20-39-30-34-48-49-35-33-44(38-51(49)52(2,3)50(48)36-39)53(42-23-10-6-11-24-42)43-32-31-40-21-17-18-22-41(40)37-43/h4,6-38H,1,5H2,2-3H3/b20-9+,25-12-,45-19+. The minimum absolute atomic E-state index is 0.127. The summed E-state index contributed by atoms with van der Waals surface area (Å²) in [6.07, 6.45) is 13.6. The lowest BCUT2D eigenvalue weighted by Crippen LogP contribution is -2.52. The second-order valence-corrected chi connectivity index (χ2v) is 14.6. The van der Waals surface area contributed by atoms with E-state index in [1.807, 2.05) is 6.08 Å². The lowest BCUT2D eigenvalue weighted by Gasteiger charge is -2.26. The second kappa shape index (κ2) is 15.3. The Hall–Kier alpha value is -6.38. The number of benzene rings is 7. The Labute approximate surface area is 321 Å². The van der Waals surface area contributed by atoms with Crippen molar-refractivity contribution in [1.82, 2.24) is 0 Å². The quantitative estimate of drug-likeness (QED) is 0.0963. The summed E-state index contributed by atoms with van der Waals surface area (Å²) in [5, 5.41) is 2.54. The minimum atomic E-state index is -0.127. The molecule has 54 heavy (non-hydrogen) atoms. The maximum atomic E-state index is 4.01. The Balaban J connectivity index is 1.05. The maximum Gasteiger partial charge on any atom is 0.241 e. The highest BCUT2D eigenvalue weighted by atomic mass is 15.1. The van der Waals surface area contributed by atoms with Crippen LogP contribution in [0.4, 0.5) is 11.4 Å². The van der Waals surface area contributed by atoms with E-state index in [4.69, 9.17) is 0 Å². The van der Waals surface area contributed by atoms with Gasteiger partial charge >= 0.3 is 0 Å². The fourth-order valence-corrected chi connectivity index (χ4v) is 8.06. The van der Waals surface area contributed by atoms with E-state index in [1.165, 1.54) is 55.0 Å². The molecule has 0 atom stereocenters. The van der Waals surface area contributed by atoms with Gasteiger partial charge < -0.3 is 4.90 Å². The van der Waals surface area contributed by atoms with Crippen LogP contribution in [0.15, 0.2) is 213 Å². The van der Waals surface area contributed by atoms with Gasteiger partial charge in [-0.25, -0.2) is 0 Å². The van der Waals surface area contributed by atoms with E-state index >= 15 is 0 Å². The lowest BCUT2D eigenvalue weighted by molar-refractivity contribution is 0.660.